The lowest BCUT2D eigenvalue weighted by Crippen LogP contribution is -2.37. The maximum absolute atomic E-state index is 12.7. The van der Waals surface area contributed by atoms with Crippen LogP contribution >= 0.6 is 7.82 Å². The van der Waals surface area contributed by atoms with Crippen molar-refractivity contribution in [2.75, 3.05) is 47.5 Å². The van der Waals surface area contributed by atoms with Gasteiger partial charge in [-0.1, -0.05) is 194 Å². The Labute approximate surface area is 334 Å². The minimum Gasteiger partial charge on any atom is -0.462 e. The van der Waals surface area contributed by atoms with Crippen LogP contribution in [0.2, 0.25) is 0 Å². The molecular weight excluding hydrogens is 701 g/mol. The van der Waals surface area contributed by atoms with Gasteiger partial charge in [0, 0.05) is 12.8 Å². The smallest absolute Gasteiger partial charge is 0.462 e. The van der Waals surface area contributed by atoms with Crippen LogP contribution in [0.5, 0.6) is 0 Å². The van der Waals surface area contributed by atoms with Gasteiger partial charge >= 0.3 is 19.8 Å². The van der Waals surface area contributed by atoms with E-state index in [0.29, 0.717) is 17.4 Å². The number of ether oxygens (including phenoxy) is 2. The quantitative estimate of drug-likeness (QED) is 0.0282. The SMILES string of the molecule is CCCCCCCCCCCCCCCCCCCC(=O)OC[C@H](COP(=O)(O)OCC[N+](C)(C)C)OC(=O)CCCCCCCCCCCCCCC. The van der Waals surface area contributed by atoms with E-state index in [1.54, 1.807) is 0 Å². The maximum atomic E-state index is 12.7. The molecule has 1 N–H and O–H groups in total. The molecule has 0 aromatic heterocycles. The Hall–Kier alpha value is -0.990. The Kier molecular flexibility index (Phi) is 36.9. The highest BCUT2D eigenvalue weighted by atomic mass is 31.2. The molecule has 0 amide bonds. The van der Waals surface area contributed by atoms with Crippen molar-refractivity contribution in [2.24, 2.45) is 0 Å². The van der Waals surface area contributed by atoms with Gasteiger partial charge in [-0.25, -0.2) is 4.57 Å². The molecule has 1 unspecified atom stereocenters. The number of hydrogen-bond acceptors (Lipinski definition) is 7. The van der Waals surface area contributed by atoms with Gasteiger partial charge in [0.15, 0.2) is 6.10 Å². The molecule has 0 saturated carbocycles. The van der Waals surface area contributed by atoms with Crippen molar-refractivity contribution in [3.8, 4) is 0 Å². The van der Waals surface area contributed by atoms with Crippen molar-refractivity contribution >= 4 is 19.8 Å². The Balaban J connectivity index is 4.27. The van der Waals surface area contributed by atoms with E-state index in [1.165, 1.54) is 154 Å². The van der Waals surface area contributed by atoms with Crippen LogP contribution in [-0.4, -0.2) is 74.9 Å². The average Bonchev–Trinajstić information content (AvgIpc) is 3.12. The third-order valence-corrected chi connectivity index (χ3v) is 11.1. The van der Waals surface area contributed by atoms with Crippen LogP contribution in [0.4, 0.5) is 0 Å². The van der Waals surface area contributed by atoms with Crippen LogP contribution in [-0.2, 0) is 32.7 Å². The molecule has 2 atom stereocenters. The van der Waals surface area contributed by atoms with Crippen molar-refractivity contribution in [3.05, 3.63) is 0 Å². The molecule has 0 rings (SSSR count). The summed E-state index contributed by atoms with van der Waals surface area (Å²) in [5.74, 6) is -0.783. The highest BCUT2D eigenvalue weighted by Gasteiger charge is 2.27. The number of unbranched alkanes of at least 4 members (excludes halogenated alkanes) is 28. The molecule has 0 aromatic carbocycles. The number of carbonyl (C=O) groups excluding carboxylic acids is 2. The molecule has 0 saturated heterocycles. The summed E-state index contributed by atoms with van der Waals surface area (Å²) in [7, 11) is 1.49. The summed E-state index contributed by atoms with van der Waals surface area (Å²) in [5.41, 5.74) is 0. The van der Waals surface area contributed by atoms with Crippen LogP contribution in [0, 0.1) is 0 Å². The summed E-state index contributed by atoms with van der Waals surface area (Å²) >= 11 is 0. The van der Waals surface area contributed by atoms with Gasteiger partial charge < -0.3 is 18.9 Å². The minimum absolute atomic E-state index is 0.0368. The van der Waals surface area contributed by atoms with E-state index in [4.69, 9.17) is 18.5 Å². The van der Waals surface area contributed by atoms with E-state index in [1.807, 2.05) is 21.1 Å². The lowest BCUT2D eigenvalue weighted by molar-refractivity contribution is -0.870. The zero-order valence-electron chi connectivity index (χ0n) is 36.2. The normalized spacial score (nSPS) is 13.5. The molecular formula is C44H89NO8P+. The van der Waals surface area contributed by atoms with Crippen molar-refractivity contribution in [2.45, 2.75) is 225 Å². The molecule has 0 fully saturated rings. The molecule has 0 spiro atoms. The number of esters is 2. The summed E-state index contributed by atoms with van der Waals surface area (Å²) < 4.78 is 34.3. The Bertz CT molecular complexity index is 896. The van der Waals surface area contributed by atoms with Crippen LogP contribution in [0.25, 0.3) is 0 Å². The number of hydrogen-bond donors (Lipinski definition) is 1. The Morgan fingerprint density at radius 3 is 1.19 bits per heavy atom. The highest BCUT2D eigenvalue weighted by molar-refractivity contribution is 7.47. The first-order chi connectivity index (χ1) is 26.0. The molecule has 54 heavy (non-hydrogen) atoms. The molecule has 0 bridgehead atoms. The van der Waals surface area contributed by atoms with E-state index in [-0.39, 0.29) is 25.6 Å². The maximum Gasteiger partial charge on any atom is 0.472 e. The molecule has 0 aliphatic heterocycles. The van der Waals surface area contributed by atoms with E-state index >= 15 is 0 Å². The molecule has 0 aliphatic rings. The first-order valence-corrected chi connectivity index (χ1v) is 24.3. The third kappa shape index (κ3) is 40.7. The summed E-state index contributed by atoms with van der Waals surface area (Å²) in [6, 6.07) is 0. The summed E-state index contributed by atoms with van der Waals surface area (Å²) in [6.45, 7) is 4.46. The summed E-state index contributed by atoms with van der Waals surface area (Å²) in [5, 5.41) is 0. The zero-order chi connectivity index (χ0) is 40.0. The highest BCUT2D eigenvalue weighted by Crippen LogP contribution is 2.43. The Morgan fingerprint density at radius 1 is 0.500 bits per heavy atom. The fourth-order valence-corrected chi connectivity index (χ4v) is 7.29. The average molecular weight is 791 g/mol. The second-order valence-electron chi connectivity index (χ2n) is 16.8. The lowest BCUT2D eigenvalue weighted by atomic mass is 10.0. The predicted molar refractivity (Wildman–Crippen MR) is 225 cm³/mol. The molecule has 10 heteroatoms. The minimum atomic E-state index is -4.36. The molecule has 0 heterocycles. The number of rotatable bonds is 42. The van der Waals surface area contributed by atoms with Gasteiger partial charge in [0.2, 0.25) is 0 Å². The molecule has 0 radical (unpaired) electrons. The van der Waals surface area contributed by atoms with Gasteiger partial charge in [0.05, 0.1) is 27.7 Å². The van der Waals surface area contributed by atoms with Gasteiger partial charge in [0.1, 0.15) is 19.8 Å². The van der Waals surface area contributed by atoms with Crippen LogP contribution in [0.1, 0.15) is 219 Å². The largest absolute Gasteiger partial charge is 0.472 e. The van der Waals surface area contributed by atoms with Gasteiger partial charge in [-0.2, -0.15) is 0 Å². The predicted octanol–water partition coefficient (Wildman–Crippen LogP) is 12.8. The zero-order valence-corrected chi connectivity index (χ0v) is 37.1. The van der Waals surface area contributed by atoms with Gasteiger partial charge in [-0.3, -0.25) is 18.6 Å². The summed E-state index contributed by atoms with van der Waals surface area (Å²) in [4.78, 5) is 35.4. The third-order valence-electron chi connectivity index (χ3n) is 10.1. The van der Waals surface area contributed by atoms with Crippen molar-refractivity contribution in [1.82, 2.24) is 0 Å². The van der Waals surface area contributed by atoms with E-state index in [2.05, 4.69) is 13.8 Å². The molecule has 0 aliphatic carbocycles. The van der Waals surface area contributed by atoms with Crippen molar-refractivity contribution in [1.29, 1.82) is 0 Å². The lowest BCUT2D eigenvalue weighted by Gasteiger charge is -2.24. The molecule has 322 valence electrons. The number of phosphoric acid groups is 1. The van der Waals surface area contributed by atoms with Gasteiger partial charge in [-0.15, -0.1) is 0 Å². The number of quaternary nitrogens is 1. The van der Waals surface area contributed by atoms with Crippen LogP contribution in [0.3, 0.4) is 0 Å². The van der Waals surface area contributed by atoms with Crippen molar-refractivity contribution in [3.63, 3.8) is 0 Å². The number of carbonyl (C=O) groups is 2. The standard InChI is InChI=1S/C44H88NO8P/c1-6-8-10-12-14-16-18-20-21-22-23-25-26-28-30-32-34-36-43(46)50-40-42(41-52-54(48,49)51-39-38-45(3,4)5)53-44(47)37-35-33-31-29-27-24-19-17-15-13-11-9-7-2/h42H,6-41H2,1-5H3/p+1/t42-/m1/s1. The molecule has 0 aromatic rings. The topological polar surface area (TPSA) is 108 Å². The first kappa shape index (κ1) is 53.0. The van der Waals surface area contributed by atoms with Crippen molar-refractivity contribution < 1.29 is 42.1 Å². The number of phosphoric ester groups is 1. The van der Waals surface area contributed by atoms with Crippen LogP contribution < -0.4 is 0 Å². The van der Waals surface area contributed by atoms with Crippen LogP contribution in [0.15, 0.2) is 0 Å². The van der Waals surface area contributed by atoms with E-state index in [0.717, 1.165) is 38.5 Å². The fraction of sp³-hybridized carbons (Fsp3) is 0.955. The summed E-state index contributed by atoms with van der Waals surface area (Å²) in [6.07, 6.45) is 37.1. The van der Waals surface area contributed by atoms with E-state index < -0.39 is 26.5 Å². The monoisotopic (exact) mass is 791 g/mol. The van der Waals surface area contributed by atoms with E-state index in [9.17, 15) is 19.0 Å². The Morgan fingerprint density at radius 2 is 0.833 bits per heavy atom. The van der Waals surface area contributed by atoms with Gasteiger partial charge in [-0.05, 0) is 12.8 Å². The number of nitrogens with zero attached hydrogens (tertiary/aromatic N) is 1. The first-order valence-electron chi connectivity index (χ1n) is 22.8. The fourth-order valence-electron chi connectivity index (χ4n) is 6.54. The molecule has 9 nitrogen and oxygen atoms in total. The van der Waals surface area contributed by atoms with Gasteiger partial charge in [0.25, 0.3) is 0 Å². The second kappa shape index (κ2) is 37.6. The number of likely N-dealkylation sites (N-methyl/N-ethyl adjacent to an activating group) is 1. The second-order valence-corrected chi connectivity index (χ2v) is 18.3.